The second-order valence-electron chi connectivity index (χ2n) is 8.14. The number of amides is 4. The van der Waals surface area contributed by atoms with Gasteiger partial charge in [-0.3, -0.25) is 14.9 Å². The summed E-state index contributed by atoms with van der Waals surface area (Å²) >= 11 is 5.62. The van der Waals surface area contributed by atoms with Crippen LogP contribution >= 0.6 is 38.5 Å². The van der Waals surface area contributed by atoms with Gasteiger partial charge in [0, 0.05) is 10.0 Å². The summed E-state index contributed by atoms with van der Waals surface area (Å²) < 4.78 is 18.2. The van der Waals surface area contributed by atoms with Crippen LogP contribution in [-0.4, -0.2) is 37.5 Å². The third-order valence-electron chi connectivity index (χ3n) is 5.62. The number of carbonyl (C=O) groups is 4. The number of imide groups is 2. The first-order chi connectivity index (χ1) is 18.7. The van der Waals surface area contributed by atoms with Gasteiger partial charge in [0.25, 0.3) is 11.8 Å². The number of carbonyl (C=O) groups excluding carboxylic acids is 4. The molecule has 0 aliphatic carbocycles. The van der Waals surface area contributed by atoms with Gasteiger partial charge >= 0.3 is 12.0 Å². The number of barbiturate groups is 1. The molecule has 0 spiro atoms. The molecule has 0 aromatic heterocycles. The number of ether oxygens (including phenoxy) is 3. The van der Waals surface area contributed by atoms with Crippen LogP contribution in [0.5, 0.6) is 11.5 Å². The van der Waals surface area contributed by atoms with Crippen LogP contribution in [0.4, 0.5) is 10.5 Å². The van der Waals surface area contributed by atoms with Gasteiger partial charge in [0.05, 0.1) is 28.5 Å². The predicted octanol–water partition coefficient (Wildman–Crippen LogP) is 5.48. The van der Waals surface area contributed by atoms with E-state index >= 15 is 0 Å². The van der Waals surface area contributed by atoms with Crippen LogP contribution in [0, 0.1) is 3.57 Å². The molecule has 3 aromatic rings. The zero-order valence-corrected chi connectivity index (χ0v) is 24.6. The number of hydrogen-bond acceptors (Lipinski definition) is 7. The zero-order valence-electron chi connectivity index (χ0n) is 20.8. The summed E-state index contributed by atoms with van der Waals surface area (Å²) in [4.78, 5) is 51.1. The van der Waals surface area contributed by atoms with Crippen LogP contribution in [0.2, 0.25) is 0 Å². The standard InChI is InChI=1S/C28H22BrIN2O7/c1-3-38-23-14-16(13-22(30)24(23)39-15-18-6-4-5-7-21(18)29)12-20-25(33)31-28(36)32(26(20)34)19-10-8-17(9-11-19)27(35)37-2/h4-14H,3,15H2,1-2H3,(H,31,33,36)/b20-12+. The molecular formula is C28H22BrIN2O7. The Hall–Kier alpha value is -3.71. The third-order valence-corrected chi connectivity index (χ3v) is 7.20. The van der Waals surface area contributed by atoms with Crippen molar-refractivity contribution < 1.29 is 33.4 Å². The first kappa shape index (κ1) is 28.3. The number of esters is 1. The van der Waals surface area contributed by atoms with Crippen molar-refractivity contribution in [2.45, 2.75) is 13.5 Å². The van der Waals surface area contributed by atoms with E-state index in [-0.39, 0.29) is 16.8 Å². The topological polar surface area (TPSA) is 111 Å². The van der Waals surface area contributed by atoms with Crippen LogP contribution < -0.4 is 19.7 Å². The Bertz CT molecular complexity index is 1490. The molecule has 1 fully saturated rings. The Morgan fingerprint density at radius 3 is 2.44 bits per heavy atom. The minimum atomic E-state index is -0.895. The highest BCUT2D eigenvalue weighted by atomic mass is 127. The molecule has 1 heterocycles. The molecular weight excluding hydrogens is 683 g/mol. The average molecular weight is 705 g/mol. The molecule has 1 N–H and O–H groups in total. The highest BCUT2D eigenvalue weighted by Crippen LogP contribution is 2.36. The highest BCUT2D eigenvalue weighted by Gasteiger charge is 2.37. The summed E-state index contributed by atoms with van der Waals surface area (Å²) in [7, 11) is 1.25. The van der Waals surface area contributed by atoms with Crippen molar-refractivity contribution in [1.29, 1.82) is 0 Å². The number of methoxy groups -OCH3 is 1. The zero-order chi connectivity index (χ0) is 28.1. The number of rotatable bonds is 8. The predicted molar refractivity (Wildman–Crippen MR) is 156 cm³/mol. The average Bonchev–Trinajstić information content (AvgIpc) is 2.91. The highest BCUT2D eigenvalue weighted by molar-refractivity contribution is 14.1. The molecule has 39 heavy (non-hydrogen) atoms. The molecule has 9 nitrogen and oxygen atoms in total. The fourth-order valence-corrected chi connectivity index (χ4v) is 4.94. The SMILES string of the molecule is CCOc1cc(/C=C2\C(=O)NC(=O)N(c3ccc(C(=O)OC)cc3)C2=O)cc(I)c1OCc1ccccc1Br. The van der Waals surface area contributed by atoms with E-state index in [2.05, 4.69) is 48.6 Å². The summed E-state index contributed by atoms with van der Waals surface area (Å²) in [6, 6.07) is 15.9. The maximum atomic E-state index is 13.3. The van der Waals surface area contributed by atoms with Gasteiger partial charge in [-0.15, -0.1) is 0 Å². The number of nitrogens with one attached hydrogen (secondary N) is 1. The number of anilines is 1. The van der Waals surface area contributed by atoms with Gasteiger partial charge in [-0.2, -0.15) is 0 Å². The lowest BCUT2D eigenvalue weighted by molar-refractivity contribution is -0.122. The Morgan fingerprint density at radius 2 is 1.77 bits per heavy atom. The Balaban J connectivity index is 1.65. The lowest BCUT2D eigenvalue weighted by Gasteiger charge is -2.26. The molecule has 1 saturated heterocycles. The number of nitrogens with zero attached hydrogens (tertiary/aromatic N) is 1. The van der Waals surface area contributed by atoms with Crippen molar-refractivity contribution in [2.75, 3.05) is 18.6 Å². The van der Waals surface area contributed by atoms with E-state index in [0.717, 1.165) is 14.9 Å². The van der Waals surface area contributed by atoms with Gasteiger partial charge in [0.1, 0.15) is 12.2 Å². The van der Waals surface area contributed by atoms with Gasteiger partial charge < -0.3 is 14.2 Å². The van der Waals surface area contributed by atoms with Gasteiger partial charge in [-0.1, -0.05) is 34.1 Å². The third kappa shape index (κ3) is 6.31. The smallest absolute Gasteiger partial charge is 0.337 e. The number of halogens is 2. The summed E-state index contributed by atoms with van der Waals surface area (Å²) in [5, 5.41) is 2.19. The van der Waals surface area contributed by atoms with Gasteiger partial charge in [0.15, 0.2) is 11.5 Å². The summed E-state index contributed by atoms with van der Waals surface area (Å²) in [6.07, 6.45) is 1.39. The quantitative estimate of drug-likeness (QED) is 0.143. The van der Waals surface area contributed by atoms with E-state index in [1.54, 1.807) is 12.1 Å². The van der Waals surface area contributed by atoms with Crippen molar-refractivity contribution in [3.63, 3.8) is 0 Å². The molecule has 0 atom stereocenters. The molecule has 0 saturated carbocycles. The number of benzene rings is 3. The maximum Gasteiger partial charge on any atom is 0.337 e. The van der Waals surface area contributed by atoms with Crippen LogP contribution in [-0.2, 0) is 20.9 Å². The minimum absolute atomic E-state index is 0.184. The van der Waals surface area contributed by atoms with Crippen LogP contribution in [0.25, 0.3) is 6.08 Å². The first-order valence-electron chi connectivity index (χ1n) is 11.7. The molecule has 4 amide bonds. The molecule has 4 rings (SSSR count). The van der Waals surface area contributed by atoms with Gasteiger partial charge in [-0.25, -0.2) is 14.5 Å². The monoisotopic (exact) mass is 704 g/mol. The van der Waals surface area contributed by atoms with Crippen molar-refractivity contribution in [3.8, 4) is 11.5 Å². The van der Waals surface area contributed by atoms with Crippen molar-refractivity contribution in [1.82, 2.24) is 5.32 Å². The van der Waals surface area contributed by atoms with E-state index in [9.17, 15) is 19.2 Å². The second-order valence-corrected chi connectivity index (χ2v) is 10.2. The van der Waals surface area contributed by atoms with Crippen LogP contribution in [0.3, 0.4) is 0 Å². The van der Waals surface area contributed by atoms with Gasteiger partial charge in [-0.05, 0) is 83.6 Å². The molecule has 11 heteroatoms. The fourth-order valence-electron chi connectivity index (χ4n) is 3.76. The molecule has 200 valence electrons. The van der Waals surface area contributed by atoms with Crippen LogP contribution in [0.1, 0.15) is 28.4 Å². The van der Waals surface area contributed by atoms with Crippen LogP contribution in [0.15, 0.2) is 70.7 Å². The van der Waals surface area contributed by atoms with E-state index in [0.29, 0.717) is 33.8 Å². The van der Waals surface area contributed by atoms with E-state index in [4.69, 9.17) is 9.47 Å². The molecule has 0 unspecified atom stereocenters. The maximum absolute atomic E-state index is 13.3. The van der Waals surface area contributed by atoms with Gasteiger partial charge in [0.2, 0.25) is 0 Å². The molecule has 1 aliphatic heterocycles. The Labute approximate surface area is 246 Å². The summed E-state index contributed by atoms with van der Waals surface area (Å²) in [5.74, 6) is -1.22. The lowest BCUT2D eigenvalue weighted by Crippen LogP contribution is -2.54. The number of urea groups is 1. The minimum Gasteiger partial charge on any atom is -0.490 e. The lowest BCUT2D eigenvalue weighted by atomic mass is 10.1. The largest absolute Gasteiger partial charge is 0.490 e. The molecule has 0 bridgehead atoms. The van der Waals surface area contributed by atoms with E-state index in [1.165, 1.54) is 37.5 Å². The normalized spacial score (nSPS) is 14.3. The second kappa shape index (κ2) is 12.4. The molecule has 0 radical (unpaired) electrons. The Kier molecular flexibility index (Phi) is 9.02. The molecule has 3 aromatic carbocycles. The first-order valence-corrected chi connectivity index (χ1v) is 13.5. The van der Waals surface area contributed by atoms with Crippen molar-refractivity contribution >= 4 is 74.1 Å². The Morgan fingerprint density at radius 1 is 1.05 bits per heavy atom. The van der Waals surface area contributed by atoms with Crippen molar-refractivity contribution in [2.24, 2.45) is 0 Å². The number of hydrogen-bond donors (Lipinski definition) is 1. The van der Waals surface area contributed by atoms with E-state index < -0.39 is 23.8 Å². The summed E-state index contributed by atoms with van der Waals surface area (Å²) in [5.41, 5.74) is 1.65. The van der Waals surface area contributed by atoms with Crippen molar-refractivity contribution in [3.05, 3.63) is 91.0 Å². The summed E-state index contributed by atoms with van der Waals surface area (Å²) in [6.45, 7) is 2.50. The fraction of sp³-hybridized carbons (Fsp3) is 0.143. The molecule has 1 aliphatic rings. The van der Waals surface area contributed by atoms with E-state index in [1.807, 2.05) is 31.2 Å².